The topological polar surface area (TPSA) is 52.7 Å². The van der Waals surface area contributed by atoms with Crippen molar-refractivity contribution in [1.29, 1.82) is 0 Å². The minimum absolute atomic E-state index is 0.439. The molecule has 6 heteroatoms. The summed E-state index contributed by atoms with van der Waals surface area (Å²) in [5.74, 6) is 0.747. The molecule has 1 fully saturated rings. The van der Waals surface area contributed by atoms with E-state index in [0.717, 1.165) is 38.5 Å². The van der Waals surface area contributed by atoms with Crippen LogP contribution in [-0.2, 0) is 16.4 Å². The number of nitrogens with one attached hydrogen (secondary N) is 1. The van der Waals surface area contributed by atoms with Gasteiger partial charge in [-0.15, -0.1) is 0 Å². The summed E-state index contributed by atoms with van der Waals surface area (Å²) in [7, 11) is -3.36. The fourth-order valence-electron chi connectivity index (χ4n) is 3.89. The quantitative estimate of drug-likeness (QED) is 0.853. The fraction of sp³-hybridized carbons (Fsp3) is 0.667. The predicted molar refractivity (Wildman–Crippen MR) is 98.1 cm³/mol. The van der Waals surface area contributed by atoms with Gasteiger partial charge in [0.1, 0.15) is 0 Å². The third-order valence-corrected chi connectivity index (χ3v) is 7.37. The van der Waals surface area contributed by atoms with Gasteiger partial charge < -0.3 is 10.2 Å². The van der Waals surface area contributed by atoms with E-state index in [4.69, 9.17) is 0 Å². The summed E-state index contributed by atoms with van der Waals surface area (Å²) in [5.41, 5.74) is 2.41. The Morgan fingerprint density at radius 3 is 2.58 bits per heavy atom. The molecule has 134 valence electrons. The van der Waals surface area contributed by atoms with Crippen LogP contribution in [0.4, 0.5) is 5.69 Å². The Morgan fingerprint density at radius 2 is 1.92 bits per heavy atom. The van der Waals surface area contributed by atoms with Crippen molar-refractivity contribution in [2.75, 3.05) is 44.2 Å². The zero-order chi connectivity index (χ0) is 17.2. The third kappa shape index (κ3) is 3.46. The molecule has 0 spiro atoms. The first-order chi connectivity index (χ1) is 11.6. The highest BCUT2D eigenvalue weighted by Crippen LogP contribution is 2.32. The molecular weight excluding hydrogens is 322 g/mol. The van der Waals surface area contributed by atoms with E-state index in [-0.39, 0.29) is 0 Å². The normalized spacial score (nSPS) is 19.0. The van der Waals surface area contributed by atoms with Gasteiger partial charge in [-0.05, 0) is 62.0 Å². The Morgan fingerprint density at radius 1 is 1.21 bits per heavy atom. The second-order valence-corrected chi connectivity index (χ2v) is 8.71. The zero-order valence-electron chi connectivity index (χ0n) is 14.8. The summed E-state index contributed by atoms with van der Waals surface area (Å²) in [6.45, 7) is 9.13. The van der Waals surface area contributed by atoms with E-state index in [2.05, 4.69) is 10.2 Å². The van der Waals surface area contributed by atoms with E-state index in [0.29, 0.717) is 18.0 Å². The molecule has 0 atom stereocenters. The standard InChI is InChI=1S/C18H29N3O2S/c1-3-21(4-2)24(22,23)17-5-6-18-16(13-17)9-12-20(18)14-15-7-10-19-11-8-15/h5-6,13,15,19H,3-4,7-12,14H2,1-2H3. The van der Waals surface area contributed by atoms with Crippen LogP contribution in [0.3, 0.4) is 0 Å². The van der Waals surface area contributed by atoms with Gasteiger partial charge in [-0.2, -0.15) is 4.31 Å². The highest BCUT2D eigenvalue weighted by Gasteiger charge is 2.27. The van der Waals surface area contributed by atoms with Crippen LogP contribution in [0, 0.1) is 5.92 Å². The Kier molecular flexibility index (Phi) is 5.47. The lowest BCUT2D eigenvalue weighted by Gasteiger charge is -2.29. The smallest absolute Gasteiger partial charge is 0.243 e. The minimum Gasteiger partial charge on any atom is -0.371 e. The molecule has 1 aromatic rings. The lowest BCUT2D eigenvalue weighted by atomic mass is 9.97. The molecule has 0 bridgehead atoms. The maximum atomic E-state index is 12.7. The number of hydrogen-bond donors (Lipinski definition) is 1. The number of anilines is 1. The lowest BCUT2D eigenvalue weighted by Crippen LogP contribution is -2.35. The fourth-order valence-corrected chi connectivity index (χ4v) is 5.39. The second-order valence-electron chi connectivity index (χ2n) is 6.77. The Hall–Kier alpha value is -1.11. The van der Waals surface area contributed by atoms with Crippen molar-refractivity contribution >= 4 is 15.7 Å². The molecule has 2 aliphatic heterocycles. The number of fused-ring (bicyclic) bond motifs is 1. The van der Waals surface area contributed by atoms with E-state index in [1.165, 1.54) is 28.4 Å². The van der Waals surface area contributed by atoms with Crippen molar-refractivity contribution in [2.45, 2.75) is 38.0 Å². The average Bonchev–Trinajstić information content (AvgIpc) is 2.99. The van der Waals surface area contributed by atoms with Crippen LogP contribution >= 0.6 is 0 Å². The van der Waals surface area contributed by atoms with Gasteiger partial charge in [0.15, 0.2) is 0 Å². The number of benzene rings is 1. The summed E-state index contributed by atoms with van der Waals surface area (Å²) < 4.78 is 26.9. The van der Waals surface area contributed by atoms with Gasteiger partial charge in [0.05, 0.1) is 4.90 Å². The molecule has 24 heavy (non-hydrogen) atoms. The van der Waals surface area contributed by atoms with E-state index in [1.54, 1.807) is 6.07 Å². The largest absolute Gasteiger partial charge is 0.371 e. The molecule has 2 heterocycles. The summed E-state index contributed by atoms with van der Waals surface area (Å²) in [5, 5.41) is 3.41. The maximum absolute atomic E-state index is 12.7. The average molecular weight is 352 g/mol. The van der Waals surface area contributed by atoms with Gasteiger partial charge in [-0.1, -0.05) is 13.8 Å². The van der Waals surface area contributed by atoms with Crippen molar-refractivity contribution in [3.8, 4) is 0 Å². The van der Waals surface area contributed by atoms with Crippen LogP contribution in [-0.4, -0.2) is 52.0 Å². The van der Waals surface area contributed by atoms with Crippen LogP contribution in [0.15, 0.2) is 23.1 Å². The van der Waals surface area contributed by atoms with Gasteiger partial charge in [-0.3, -0.25) is 0 Å². The molecule has 1 aromatic carbocycles. The Balaban J connectivity index is 1.78. The summed E-state index contributed by atoms with van der Waals surface area (Å²) in [6, 6.07) is 5.69. The molecule has 1 N–H and O–H groups in total. The minimum atomic E-state index is -3.36. The van der Waals surface area contributed by atoms with E-state index in [9.17, 15) is 8.42 Å². The molecule has 5 nitrogen and oxygen atoms in total. The number of nitrogens with zero attached hydrogens (tertiary/aromatic N) is 2. The van der Waals surface area contributed by atoms with Crippen molar-refractivity contribution in [3.05, 3.63) is 23.8 Å². The van der Waals surface area contributed by atoms with Crippen LogP contribution < -0.4 is 10.2 Å². The number of rotatable bonds is 6. The van der Waals surface area contributed by atoms with Crippen molar-refractivity contribution in [1.82, 2.24) is 9.62 Å². The lowest BCUT2D eigenvalue weighted by molar-refractivity contribution is 0.375. The first-order valence-electron chi connectivity index (χ1n) is 9.15. The molecule has 2 aliphatic rings. The molecule has 0 unspecified atom stereocenters. The predicted octanol–water partition coefficient (Wildman–Crippen LogP) is 2.08. The highest BCUT2D eigenvalue weighted by atomic mass is 32.2. The molecule has 3 rings (SSSR count). The van der Waals surface area contributed by atoms with Gasteiger partial charge >= 0.3 is 0 Å². The van der Waals surface area contributed by atoms with Gasteiger partial charge in [0.2, 0.25) is 10.0 Å². The molecule has 0 aromatic heterocycles. The van der Waals surface area contributed by atoms with Crippen LogP contribution in [0.1, 0.15) is 32.3 Å². The molecule has 0 radical (unpaired) electrons. The number of piperidine rings is 1. The monoisotopic (exact) mass is 351 g/mol. The van der Waals surface area contributed by atoms with Gasteiger partial charge in [0, 0.05) is 31.9 Å². The molecule has 0 aliphatic carbocycles. The van der Waals surface area contributed by atoms with Crippen molar-refractivity contribution in [2.24, 2.45) is 5.92 Å². The van der Waals surface area contributed by atoms with E-state index >= 15 is 0 Å². The molecular formula is C18H29N3O2S. The second kappa shape index (κ2) is 7.42. The molecule has 1 saturated heterocycles. The van der Waals surface area contributed by atoms with E-state index < -0.39 is 10.0 Å². The number of hydrogen-bond acceptors (Lipinski definition) is 4. The van der Waals surface area contributed by atoms with Crippen LogP contribution in [0.25, 0.3) is 0 Å². The first-order valence-corrected chi connectivity index (χ1v) is 10.6. The van der Waals surface area contributed by atoms with Gasteiger partial charge in [-0.25, -0.2) is 8.42 Å². The number of sulfonamides is 1. The highest BCUT2D eigenvalue weighted by molar-refractivity contribution is 7.89. The van der Waals surface area contributed by atoms with Crippen molar-refractivity contribution < 1.29 is 8.42 Å². The SMILES string of the molecule is CCN(CC)S(=O)(=O)c1ccc2c(c1)CCN2CC1CCNCC1. The summed E-state index contributed by atoms with van der Waals surface area (Å²) in [4.78, 5) is 2.88. The van der Waals surface area contributed by atoms with Crippen LogP contribution in [0.2, 0.25) is 0 Å². The van der Waals surface area contributed by atoms with Crippen molar-refractivity contribution in [3.63, 3.8) is 0 Å². The Bertz CT molecular complexity index is 665. The first kappa shape index (κ1) is 17.7. The Labute approximate surface area is 146 Å². The van der Waals surface area contributed by atoms with Gasteiger partial charge in [0.25, 0.3) is 0 Å². The third-order valence-electron chi connectivity index (χ3n) is 5.32. The molecule has 0 amide bonds. The summed E-state index contributed by atoms with van der Waals surface area (Å²) >= 11 is 0. The van der Waals surface area contributed by atoms with Crippen LogP contribution in [0.5, 0.6) is 0 Å². The van der Waals surface area contributed by atoms with E-state index in [1.807, 2.05) is 26.0 Å². The summed E-state index contributed by atoms with van der Waals surface area (Å²) in [6.07, 6.45) is 3.42. The zero-order valence-corrected chi connectivity index (χ0v) is 15.6. The maximum Gasteiger partial charge on any atom is 0.243 e. The molecule has 0 saturated carbocycles.